The van der Waals surface area contributed by atoms with Gasteiger partial charge in [0, 0.05) is 18.1 Å². The van der Waals surface area contributed by atoms with Crippen LogP contribution in [0.1, 0.15) is 44.2 Å². The smallest absolute Gasteiger partial charge is 0.315 e. The average molecular weight is 318 g/mol. The quantitative estimate of drug-likeness (QED) is 0.754. The minimum absolute atomic E-state index is 0.116. The predicted molar refractivity (Wildman–Crippen MR) is 88.0 cm³/mol. The molecule has 0 aliphatic heterocycles. The second-order valence-electron chi connectivity index (χ2n) is 6.58. The van der Waals surface area contributed by atoms with Gasteiger partial charge in [0.25, 0.3) is 0 Å². The van der Waals surface area contributed by atoms with E-state index in [0.717, 1.165) is 31.4 Å². The fourth-order valence-corrected chi connectivity index (χ4v) is 3.92. The van der Waals surface area contributed by atoms with E-state index in [-0.39, 0.29) is 36.2 Å². The summed E-state index contributed by atoms with van der Waals surface area (Å²) in [6.45, 7) is 2.63. The number of carbonyl (C=O) groups is 1. The molecule has 1 aromatic carbocycles. The standard InChI is InChI=1S/C18H26N2O3/c1-2-23-16-11-15(18(16)9-6-10-18)20-17(22)19-14(12-21)13-7-4-3-5-8-13/h3-5,7-8,14-16,21H,2,6,9-12H2,1H3,(H2,19,20,22)/t14-,15-,16+/m0/s1. The molecular formula is C18H26N2O3. The predicted octanol–water partition coefficient (Wildman–Crippen LogP) is 2.37. The molecule has 126 valence electrons. The first-order chi connectivity index (χ1) is 11.2. The number of hydrogen-bond acceptors (Lipinski definition) is 3. The lowest BCUT2D eigenvalue weighted by molar-refractivity contribution is -0.169. The summed E-state index contributed by atoms with van der Waals surface area (Å²) in [4.78, 5) is 12.3. The zero-order valence-corrected chi connectivity index (χ0v) is 13.6. The fourth-order valence-electron chi connectivity index (χ4n) is 3.92. The monoisotopic (exact) mass is 318 g/mol. The van der Waals surface area contributed by atoms with E-state index in [9.17, 15) is 9.90 Å². The maximum absolute atomic E-state index is 12.3. The number of rotatable bonds is 6. The number of nitrogens with one attached hydrogen (secondary N) is 2. The molecule has 3 rings (SSSR count). The van der Waals surface area contributed by atoms with Crippen molar-refractivity contribution in [1.82, 2.24) is 10.6 Å². The van der Waals surface area contributed by atoms with Gasteiger partial charge < -0.3 is 20.5 Å². The molecule has 5 heteroatoms. The summed E-state index contributed by atoms with van der Waals surface area (Å²) in [5.74, 6) is 0. The van der Waals surface area contributed by atoms with Gasteiger partial charge in [-0.25, -0.2) is 4.79 Å². The van der Waals surface area contributed by atoms with E-state index >= 15 is 0 Å². The molecule has 0 aromatic heterocycles. The molecule has 1 spiro atoms. The molecule has 0 heterocycles. The van der Waals surface area contributed by atoms with Gasteiger partial charge in [0.1, 0.15) is 0 Å². The Morgan fingerprint density at radius 3 is 2.70 bits per heavy atom. The maximum Gasteiger partial charge on any atom is 0.315 e. The van der Waals surface area contributed by atoms with Gasteiger partial charge in [0.05, 0.1) is 18.8 Å². The Hall–Kier alpha value is -1.59. The van der Waals surface area contributed by atoms with Crippen LogP contribution in [0.5, 0.6) is 0 Å². The number of aliphatic hydroxyl groups excluding tert-OH is 1. The first-order valence-corrected chi connectivity index (χ1v) is 8.54. The van der Waals surface area contributed by atoms with Crippen molar-refractivity contribution in [1.29, 1.82) is 0 Å². The van der Waals surface area contributed by atoms with E-state index in [1.165, 1.54) is 6.42 Å². The van der Waals surface area contributed by atoms with Crippen LogP contribution in [0.2, 0.25) is 0 Å². The number of carbonyl (C=O) groups excluding carboxylic acids is 1. The lowest BCUT2D eigenvalue weighted by Gasteiger charge is -2.60. The molecule has 0 bridgehead atoms. The van der Waals surface area contributed by atoms with Gasteiger partial charge in [-0.05, 0) is 31.7 Å². The van der Waals surface area contributed by atoms with Crippen LogP contribution < -0.4 is 10.6 Å². The van der Waals surface area contributed by atoms with Crippen molar-refractivity contribution in [3.05, 3.63) is 35.9 Å². The number of urea groups is 1. The highest BCUT2D eigenvalue weighted by molar-refractivity contribution is 5.75. The van der Waals surface area contributed by atoms with Crippen LogP contribution in [0.4, 0.5) is 4.79 Å². The maximum atomic E-state index is 12.3. The molecule has 5 nitrogen and oxygen atoms in total. The van der Waals surface area contributed by atoms with Crippen molar-refractivity contribution >= 4 is 6.03 Å². The van der Waals surface area contributed by atoms with E-state index in [0.29, 0.717) is 0 Å². The Kier molecular flexibility index (Phi) is 4.87. The Bertz CT molecular complexity index is 530. The van der Waals surface area contributed by atoms with E-state index in [1.807, 2.05) is 37.3 Å². The SMILES string of the molecule is CCO[C@@H]1C[C@H](NC(=O)N[C@@H](CO)c2ccccc2)C12CCC2. The highest BCUT2D eigenvalue weighted by atomic mass is 16.5. The van der Waals surface area contributed by atoms with Gasteiger partial charge in [-0.15, -0.1) is 0 Å². The first-order valence-electron chi connectivity index (χ1n) is 8.54. The number of benzene rings is 1. The molecule has 0 unspecified atom stereocenters. The molecule has 3 N–H and O–H groups in total. The van der Waals surface area contributed by atoms with Crippen LogP contribution in [-0.2, 0) is 4.74 Å². The molecule has 0 radical (unpaired) electrons. The van der Waals surface area contributed by atoms with Crippen LogP contribution in [0.3, 0.4) is 0 Å². The fraction of sp³-hybridized carbons (Fsp3) is 0.611. The van der Waals surface area contributed by atoms with E-state index in [4.69, 9.17) is 4.74 Å². The molecule has 2 aliphatic rings. The third-order valence-corrected chi connectivity index (χ3v) is 5.43. The Morgan fingerprint density at radius 1 is 1.39 bits per heavy atom. The first kappa shape index (κ1) is 16.3. The van der Waals surface area contributed by atoms with Crippen LogP contribution in [0, 0.1) is 5.41 Å². The number of ether oxygens (including phenoxy) is 1. The van der Waals surface area contributed by atoms with Crippen molar-refractivity contribution < 1.29 is 14.6 Å². The summed E-state index contributed by atoms with van der Waals surface area (Å²) in [7, 11) is 0. The number of hydrogen-bond donors (Lipinski definition) is 3. The van der Waals surface area contributed by atoms with Crippen molar-refractivity contribution in [2.24, 2.45) is 5.41 Å². The highest BCUT2D eigenvalue weighted by Gasteiger charge is 2.59. The zero-order chi connectivity index (χ0) is 16.3. The van der Waals surface area contributed by atoms with Gasteiger partial charge in [-0.3, -0.25) is 0 Å². The molecule has 2 aliphatic carbocycles. The molecule has 0 saturated heterocycles. The minimum Gasteiger partial charge on any atom is -0.394 e. The molecule has 1 aromatic rings. The summed E-state index contributed by atoms with van der Waals surface area (Å²) < 4.78 is 5.81. The lowest BCUT2D eigenvalue weighted by atomic mass is 9.51. The molecule has 3 atom stereocenters. The largest absolute Gasteiger partial charge is 0.394 e. The Labute approximate surface area is 137 Å². The summed E-state index contributed by atoms with van der Waals surface area (Å²) in [6, 6.07) is 9.13. The molecule has 2 amide bonds. The molecule has 2 fully saturated rings. The van der Waals surface area contributed by atoms with Gasteiger partial charge in [-0.1, -0.05) is 36.8 Å². The highest BCUT2D eigenvalue weighted by Crippen LogP contribution is 2.57. The van der Waals surface area contributed by atoms with Gasteiger partial charge in [0.2, 0.25) is 0 Å². The normalized spacial score (nSPS) is 26.0. The van der Waals surface area contributed by atoms with Crippen LogP contribution in [0.15, 0.2) is 30.3 Å². The van der Waals surface area contributed by atoms with E-state index in [1.54, 1.807) is 0 Å². The lowest BCUT2D eigenvalue weighted by Crippen LogP contribution is -2.68. The van der Waals surface area contributed by atoms with E-state index in [2.05, 4.69) is 10.6 Å². The van der Waals surface area contributed by atoms with Crippen molar-refractivity contribution in [2.45, 2.75) is 50.8 Å². The summed E-state index contributed by atoms with van der Waals surface area (Å²) in [6.07, 6.45) is 4.65. The Balaban J connectivity index is 1.55. The van der Waals surface area contributed by atoms with Crippen molar-refractivity contribution in [3.8, 4) is 0 Å². The van der Waals surface area contributed by atoms with Gasteiger partial charge in [-0.2, -0.15) is 0 Å². The number of amides is 2. The van der Waals surface area contributed by atoms with Gasteiger partial charge in [0.15, 0.2) is 0 Å². The van der Waals surface area contributed by atoms with E-state index < -0.39 is 0 Å². The topological polar surface area (TPSA) is 70.6 Å². The van der Waals surface area contributed by atoms with Gasteiger partial charge >= 0.3 is 6.03 Å². The average Bonchev–Trinajstić information content (AvgIpc) is 2.50. The van der Waals surface area contributed by atoms with Crippen LogP contribution in [0.25, 0.3) is 0 Å². The summed E-state index contributed by atoms with van der Waals surface area (Å²) >= 11 is 0. The van der Waals surface area contributed by atoms with Crippen molar-refractivity contribution in [3.63, 3.8) is 0 Å². The third-order valence-electron chi connectivity index (χ3n) is 5.43. The van der Waals surface area contributed by atoms with Crippen molar-refractivity contribution in [2.75, 3.05) is 13.2 Å². The molecule has 2 saturated carbocycles. The summed E-state index contributed by atoms with van der Waals surface area (Å²) in [5, 5.41) is 15.5. The van der Waals surface area contributed by atoms with Crippen LogP contribution in [-0.4, -0.2) is 36.5 Å². The second-order valence-corrected chi connectivity index (χ2v) is 6.58. The second kappa shape index (κ2) is 6.89. The molecular weight excluding hydrogens is 292 g/mol. The Morgan fingerprint density at radius 2 is 2.13 bits per heavy atom. The van der Waals surface area contributed by atoms with Crippen LogP contribution >= 0.6 is 0 Å². The minimum atomic E-state index is -0.378. The zero-order valence-electron chi connectivity index (χ0n) is 13.6. The summed E-state index contributed by atoms with van der Waals surface area (Å²) in [5.41, 5.74) is 1.05. The number of aliphatic hydroxyl groups is 1. The molecule has 23 heavy (non-hydrogen) atoms. The third kappa shape index (κ3) is 3.08.